The number of fused-ring (bicyclic) bond motifs is 1. The van der Waals surface area contributed by atoms with E-state index < -0.39 is 0 Å². The molecular weight excluding hydrogens is 282 g/mol. The molecule has 1 saturated heterocycles. The third-order valence-electron chi connectivity index (χ3n) is 3.70. The van der Waals surface area contributed by atoms with Gasteiger partial charge in [0, 0.05) is 38.6 Å². The van der Waals surface area contributed by atoms with E-state index in [9.17, 15) is 0 Å². The van der Waals surface area contributed by atoms with Crippen LogP contribution in [0.15, 0.2) is 42.9 Å². The second kappa shape index (κ2) is 5.29. The van der Waals surface area contributed by atoms with Crippen LogP contribution in [0.3, 0.4) is 0 Å². The summed E-state index contributed by atoms with van der Waals surface area (Å²) in [5, 5.41) is 1.10. The Labute approximate surface area is 126 Å². The minimum atomic E-state index is 0.976. The lowest BCUT2D eigenvalue weighted by Crippen LogP contribution is -2.46. The number of nitrogens with zero attached hydrogens (tertiary/aromatic N) is 5. The summed E-state index contributed by atoms with van der Waals surface area (Å²) in [6, 6.07) is 8.09. The molecule has 0 unspecified atom stereocenters. The van der Waals surface area contributed by atoms with E-state index in [1.54, 1.807) is 11.3 Å². The van der Waals surface area contributed by atoms with Gasteiger partial charge in [-0.2, -0.15) is 0 Å². The predicted molar refractivity (Wildman–Crippen MR) is 86.1 cm³/mol. The van der Waals surface area contributed by atoms with Crippen LogP contribution in [0.5, 0.6) is 0 Å². The molecule has 3 aromatic rings. The topological polar surface area (TPSA) is 45.2 Å². The number of hydrogen-bond donors (Lipinski definition) is 0. The van der Waals surface area contributed by atoms with Crippen LogP contribution in [-0.4, -0.2) is 41.1 Å². The van der Waals surface area contributed by atoms with Crippen molar-refractivity contribution in [2.75, 3.05) is 36.0 Å². The van der Waals surface area contributed by atoms with E-state index in [0.717, 1.165) is 42.6 Å². The lowest BCUT2D eigenvalue weighted by molar-refractivity contribution is 0.646. The summed E-state index contributed by atoms with van der Waals surface area (Å²) in [5.74, 6) is 1.06. The van der Waals surface area contributed by atoms with Crippen LogP contribution in [0.4, 0.5) is 10.9 Å². The molecule has 0 atom stereocenters. The largest absolute Gasteiger partial charge is 0.353 e. The Hall–Kier alpha value is -2.21. The van der Waals surface area contributed by atoms with Gasteiger partial charge in [0.2, 0.25) is 0 Å². The summed E-state index contributed by atoms with van der Waals surface area (Å²) in [6.07, 6.45) is 5.50. The summed E-state index contributed by atoms with van der Waals surface area (Å²) >= 11 is 1.74. The van der Waals surface area contributed by atoms with Gasteiger partial charge in [0.25, 0.3) is 0 Å². The van der Waals surface area contributed by atoms with E-state index in [4.69, 9.17) is 0 Å². The Morgan fingerprint density at radius 2 is 1.81 bits per heavy atom. The smallest absolute Gasteiger partial charge is 0.186 e. The second-order valence-corrected chi connectivity index (χ2v) is 6.01. The van der Waals surface area contributed by atoms with Crippen molar-refractivity contribution in [3.63, 3.8) is 0 Å². The number of thiazole rings is 1. The molecule has 3 aromatic heterocycles. The third-order valence-corrected chi connectivity index (χ3v) is 4.80. The molecule has 0 aromatic carbocycles. The van der Waals surface area contributed by atoms with Crippen molar-refractivity contribution >= 4 is 32.5 Å². The highest BCUT2D eigenvalue weighted by Gasteiger charge is 2.20. The average Bonchev–Trinajstić information content (AvgIpc) is 3.00. The van der Waals surface area contributed by atoms with E-state index in [-0.39, 0.29) is 0 Å². The fourth-order valence-corrected chi connectivity index (χ4v) is 3.55. The first kappa shape index (κ1) is 12.5. The summed E-state index contributed by atoms with van der Waals surface area (Å²) < 4.78 is 1.20. The fourth-order valence-electron chi connectivity index (χ4n) is 2.57. The minimum absolute atomic E-state index is 0.976. The molecule has 5 nitrogen and oxygen atoms in total. The summed E-state index contributed by atoms with van der Waals surface area (Å²) in [4.78, 5) is 17.9. The Morgan fingerprint density at radius 3 is 2.57 bits per heavy atom. The zero-order valence-electron chi connectivity index (χ0n) is 11.5. The van der Waals surface area contributed by atoms with E-state index in [1.807, 2.05) is 36.8 Å². The van der Waals surface area contributed by atoms with Crippen molar-refractivity contribution in [2.45, 2.75) is 0 Å². The molecule has 0 N–H and O–H groups in total. The molecular formula is C15H15N5S. The van der Waals surface area contributed by atoms with Gasteiger partial charge in [0.1, 0.15) is 11.3 Å². The maximum Gasteiger partial charge on any atom is 0.186 e. The van der Waals surface area contributed by atoms with Gasteiger partial charge < -0.3 is 9.80 Å². The standard InChI is InChI=1S/C15H15N5S/c1-2-5-17-14(3-1)19-7-9-20(10-8-19)15-18-12-11-16-6-4-13(12)21-15/h1-6,11H,7-10H2. The van der Waals surface area contributed by atoms with Gasteiger partial charge in [0.05, 0.1) is 10.9 Å². The van der Waals surface area contributed by atoms with Gasteiger partial charge in [-0.1, -0.05) is 17.4 Å². The molecule has 4 rings (SSSR count). The van der Waals surface area contributed by atoms with E-state index >= 15 is 0 Å². The van der Waals surface area contributed by atoms with Crippen molar-refractivity contribution in [1.29, 1.82) is 0 Å². The molecule has 0 amide bonds. The molecule has 0 radical (unpaired) electrons. The van der Waals surface area contributed by atoms with Crippen molar-refractivity contribution in [1.82, 2.24) is 15.0 Å². The van der Waals surface area contributed by atoms with Crippen LogP contribution in [0, 0.1) is 0 Å². The van der Waals surface area contributed by atoms with Gasteiger partial charge in [0.15, 0.2) is 5.13 Å². The SMILES string of the molecule is c1ccc(N2CCN(c3nc4cnccc4s3)CC2)nc1. The molecule has 0 bridgehead atoms. The van der Waals surface area contributed by atoms with Crippen LogP contribution < -0.4 is 9.80 Å². The van der Waals surface area contributed by atoms with Gasteiger partial charge >= 0.3 is 0 Å². The molecule has 0 aliphatic carbocycles. The second-order valence-electron chi connectivity index (χ2n) is 5.00. The van der Waals surface area contributed by atoms with Crippen molar-refractivity contribution in [2.24, 2.45) is 0 Å². The van der Waals surface area contributed by atoms with Crippen LogP contribution in [-0.2, 0) is 0 Å². The first-order valence-electron chi connectivity index (χ1n) is 7.02. The number of aromatic nitrogens is 3. The van der Waals surface area contributed by atoms with E-state index in [0.29, 0.717) is 0 Å². The molecule has 4 heterocycles. The molecule has 21 heavy (non-hydrogen) atoms. The molecule has 1 fully saturated rings. The summed E-state index contributed by atoms with van der Waals surface area (Å²) in [5.41, 5.74) is 0.990. The van der Waals surface area contributed by atoms with Crippen LogP contribution in [0.1, 0.15) is 0 Å². The number of anilines is 2. The average molecular weight is 297 g/mol. The normalized spacial score (nSPS) is 15.6. The Bertz CT molecular complexity index is 701. The zero-order chi connectivity index (χ0) is 14.1. The molecule has 0 saturated carbocycles. The predicted octanol–water partition coefficient (Wildman–Crippen LogP) is 2.41. The quantitative estimate of drug-likeness (QED) is 0.727. The van der Waals surface area contributed by atoms with E-state index in [2.05, 4.69) is 30.8 Å². The van der Waals surface area contributed by atoms with Crippen LogP contribution >= 0.6 is 11.3 Å². The highest BCUT2D eigenvalue weighted by molar-refractivity contribution is 7.22. The number of piperazine rings is 1. The third kappa shape index (κ3) is 2.42. The monoisotopic (exact) mass is 297 g/mol. The highest BCUT2D eigenvalue weighted by Crippen LogP contribution is 2.29. The highest BCUT2D eigenvalue weighted by atomic mass is 32.1. The number of hydrogen-bond acceptors (Lipinski definition) is 6. The first-order chi connectivity index (χ1) is 10.4. The fraction of sp³-hybridized carbons (Fsp3) is 0.267. The number of rotatable bonds is 2. The summed E-state index contributed by atoms with van der Waals surface area (Å²) in [6.45, 7) is 3.91. The molecule has 106 valence electrons. The Morgan fingerprint density at radius 1 is 0.952 bits per heavy atom. The maximum absolute atomic E-state index is 4.68. The number of pyridine rings is 2. The maximum atomic E-state index is 4.68. The van der Waals surface area contributed by atoms with Gasteiger partial charge in [-0.05, 0) is 18.2 Å². The van der Waals surface area contributed by atoms with Gasteiger partial charge in [-0.3, -0.25) is 4.98 Å². The molecule has 1 aliphatic heterocycles. The van der Waals surface area contributed by atoms with Crippen LogP contribution in [0.25, 0.3) is 10.2 Å². The molecule has 6 heteroatoms. The van der Waals surface area contributed by atoms with Gasteiger partial charge in [-0.25, -0.2) is 9.97 Å². The summed E-state index contributed by atoms with van der Waals surface area (Å²) in [7, 11) is 0. The lowest BCUT2D eigenvalue weighted by atomic mass is 10.3. The van der Waals surface area contributed by atoms with Crippen molar-refractivity contribution in [3.05, 3.63) is 42.9 Å². The Balaban J connectivity index is 1.50. The lowest BCUT2D eigenvalue weighted by Gasteiger charge is -2.35. The van der Waals surface area contributed by atoms with Crippen LogP contribution in [0.2, 0.25) is 0 Å². The minimum Gasteiger partial charge on any atom is -0.353 e. The van der Waals surface area contributed by atoms with E-state index in [1.165, 1.54) is 4.70 Å². The Kier molecular flexibility index (Phi) is 3.16. The van der Waals surface area contributed by atoms with Gasteiger partial charge in [-0.15, -0.1) is 0 Å². The first-order valence-corrected chi connectivity index (χ1v) is 7.83. The van der Waals surface area contributed by atoms with Crippen molar-refractivity contribution < 1.29 is 0 Å². The van der Waals surface area contributed by atoms with Crippen molar-refractivity contribution in [3.8, 4) is 0 Å². The molecule has 0 spiro atoms. The molecule has 1 aliphatic rings. The zero-order valence-corrected chi connectivity index (χ0v) is 12.3.